The van der Waals surface area contributed by atoms with E-state index in [2.05, 4.69) is 275 Å². The number of carboxylic acids is 1. The number of rotatable bonds is 15. The first-order valence-electron chi connectivity index (χ1n) is 43.0. The van der Waals surface area contributed by atoms with Crippen LogP contribution in [0.1, 0.15) is 164 Å². The van der Waals surface area contributed by atoms with Gasteiger partial charge in [-0.2, -0.15) is 0 Å². The monoisotopic (exact) mass is 1700 g/mol. The molecule has 0 bridgehead atoms. The fourth-order valence-corrected chi connectivity index (χ4v) is 17.9. The van der Waals surface area contributed by atoms with E-state index in [1.165, 1.54) is 233 Å². The highest BCUT2D eigenvalue weighted by atomic mass is 79.9. The first-order valence-corrected chi connectivity index (χ1v) is 44.9. The Balaban J connectivity index is 0.000000148. The van der Waals surface area contributed by atoms with Crippen molar-refractivity contribution in [3.05, 3.63) is 343 Å². The van der Waals surface area contributed by atoms with Crippen LogP contribution in [0.3, 0.4) is 0 Å². The lowest BCUT2D eigenvalue weighted by Gasteiger charge is -2.34. The van der Waals surface area contributed by atoms with Gasteiger partial charge in [-0.3, -0.25) is 14.8 Å². The number of pyridine rings is 2. The van der Waals surface area contributed by atoms with Gasteiger partial charge in [0.05, 0.1) is 0 Å². The first kappa shape index (κ1) is 91.1. The molecule has 2 aromatic heterocycles. The van der Waals surface area contributed by atoms with Crippen LogP contribution in [0.15, 0.2) is 327 Å². The minimum absolute atomic E-state index is 0. The maximum Gasteiger partial charge on any atom is 0.488 e. The summed E-state index contributed by atoms with van der Waals surface area (Å²) in [6.45, 7) is 11.2. The predicted molar refractivity (Wildman–Crippen MR) is 506 cm³/mol. The summed E-state index contributed by atoms with van der Waals surface area (Å²) in [4.78, 5) is 22.5. The zero-order valence-corrected chi connectivity index (χ0v) is 71.7. The van der Waals surface area contributed by atoms with Gasteiger partial charge in [0.25, 0.3) is 5.97 Å². The summed E-state index contributed by atoms with van der Waals surface area (Å²) < 4.78 is 1.02. The Morgan fingerprint density at radius 1 is 0.373 bits per heavy atom. The molecule has 6 aliphatic rings. The zero-order valence-electron chi connectivity index (χ0n) is 68.5. The lowest BCUT2D eigenvalue weighted by Crippen LogP contribution is -2.37. The molecule has 614 valence electrons. The van der Waals surface area contributed by atoms with Crippen LogP contribution >= 0.6 is 31.9 Å². The molecule has 9 nitrogen and oxygen atoms in total. The molecule has 3 saturated heterocycles. The second kappa shape index (κ2) is 51.3. The van der Waals surface area contributed by atoms with Crippen LogP contribution in [0.2, 0.25) is 0 Å². The van der Waals surface area contributed by atoms with Crippen molar-refractivity contribution in [3.63, 3.8) is 0 Å². The first-order chi connectivity index (χ1) is 57.5. The Bertz CT molecular complexity index is 4460. The van der Waals surface area contributed by atoms with Crippen molar-refractivity contribution >= 4 is 50.4 Å². The topological polar surface area (TPSA) is 122 Å². The number of hydrogen-bond donors (Lipinski definition) is 4. The summed E-state index contributed by atoms with van der Waals surface area (Å²) in [6.07, 6.45) is 32.8. The Labute approximate surface area is 723 Å². The summed E-state index contributed by atoms with van der Waals surface area (Å²) in [7, 11) is -1.39. The molecular formula is C106H124BBr2N5O4. The Kier molecular flexibility index (Phi) is 39.6. The Morgan fingerprint density at radius 2 is 0.669 bits per heavy atom. The third-order valence-corrected chi connectivity index (χ3v) is 24.8. The molecule has 3 unspecified atom stereocenters. The summed E-state index contributed by atoms with van der Waals surface area (Å²) >= 11 is 6.72. The van der Waals surface area contributed by atoms with Crippen LogP contribution in [-0.4, -0.2) is 106 Å². The van der Waals surface area contributed by atoms with Crippen molar-refractivity contribution in [2.45, 2.75) is 148 Å². The normalized spacial score (nSPS) is 17.2. The molecule has 12 aromatic rings. The predicted octanol–water partition coefficient (Wildman–Crippen LogP) is 25.9. The highest BCUT2D eigenvalue weighted by Crippen LogP contribution is 2.36. The average molecular weight is 1700 g/mol. The van der Waals surface area contributed by atoms with Crippen molar-refractivity contribution < 1.29 is 19.9 Å². The second-order valence-electron chi connectivity index (χ2n) is 32.0. The van der Waals surface area contributed by atoms with Crippen molar-refractivity contribution in [1.29, 1.82) is 0 Å². The molecule has 0 amide bonds. The van der Waals surface area contributed by atoms with Gasteiger partial charge < -0.3 is 30.3 Å². The maximum atomic E-state index is 9.00. The number of carbonyl (C=O) groups is 1. The van der Waals surface area contributed by atoms with Crippen molar-refractivity contribution in [2.75, 3.05) is 57.7 Å². The van der Waals surface area contributed by atoms with E-state index in [0.29, 0.717) is 11.4 Å². The average Bonchev–Trinajstić information content (AvgIpc) is 1.03. The summed E-state index contributed by atoms with van der Waals surface area (Å²) in [5.41, 5.74) is 20.0. The van der Waals surface area contributed by atoms with E-state index >= 15 is 0 Å². The fourth-order valence-electron chi connectivity index (χ4n) is 17.0. The van der Waals surface area contributed by atoms with Crippen LogP contribution in [0.5, 0.6) is 0 Å². The SMILES string of the molecule is BrCC1CCCC1.Brc1cccnc1.C.CC(=O)O.OB(O)c1ccc(-c2ccccc2)cc1.c1ccc(-c2ccc(-c3cccnc3)cc2)cc1.c1ccc(-c2ccc(C3CCCN(CC4CCCC4)C3)cc2)cc1.c1ccc(-c2ccc(C3CCCN(CC4CCCC4)C3)cc2)cc1.c1ccc(-c2ccc(C3CCCNC3)cc2)cc1. The van der Waals surface area contributed by atoms with Gasteiger partial charge in [-0.05, 0) is 255 Å². The van der Waals surface area contributed by atoms with E-state index in [0.717, 1.165) is 64.2 Å². The molecule has 5 heterocycles. The van der Waals surface area contributed by atoms with Crippen LogP contribution in [-0.2, 0) is 4.79 Å². The van der Waals surface area contributed by atoms with Gasteiger partial charge in [-0.1, -0.05) is 341 Å². The number of likely N-dealkylation sites (tertiary alicyclic amines) is 2. The number of carboxylic acid groups (broad SMARTS) is 1. The molecule has 118 heavy (non-hydrogen) atoms. The Hall–Kier alpha value is -9.21. The summed E-state index contributed by atoms with van der Waals surface area (Å²) in [6, 6.07) is 104. The van der Waals surface area contributed by atoms with E-state index in [-0.39, 0.29) is 7.43 Å². The van der Waals surface area contributed by atoms with Gasteiger partial charge in [0.15, 0.2) is 0 Å². The number of alkyl halides is 1. The molecule has 3 aliphatic carbocycles. The lowest BCUT2D eigenvalue weighted by atomic mass is 9.80. The van der Waals surface area contributed by atoms with E-state index in [4.69, 9.17) is 19.9 Å². The van der Waals surface area contributed by atoms with E-state index in [1.807, 2.05) is 72.9 Å². The molecule has 3 aliphatic heterocycles. The molecule has 0 radical (unpaired) electrons. The molecule has 6 fully saturated rings. The molecular weight excluding hydrogens is 1580 g/mol. The van der Waals surface area contributed by atoms with Crippen LogP contribution in [0.25, 0.3) is 66.8 Å². The van der Waals surface area contributed by atoms with E-state index < -0.39 is 13.1 Å². The quantitative estimate of drug-likeness (QED) is 0.0587. The van der Waals surface area contributed by atoms with Gasteiger partial charge in [0.2, 0.25) is 0 Å². The molecule has 12 heteroatoms. The van der Waals surface area contributed by atoms with E-state index in [1.54, 1.807) is 30.7 Å². The standard InChI is InChI=1S/2C23H29N.C17H19N.C17H13N.C12H11BO2.C6H11Br.C5H4BrN.C2H4O2.CH4/c2*1-2-9-20(10-3-1)21-12-14-22(15-13-21)23-11-6-16-24(18-23)17-19-7-4-5-8-19;2*1-2-5-14(6-3-1)15-8-10-16(11-9-15)17-7-4-12-18-13-17;14-13(15)12-8-6-11(7-9-12)10-4-2-1-3-5-10;7-5-6-3-1-2-4-6;6-5-2-1-3-7-4-5;1-2(3)4;/h2*1-3,9-10,12-15,19,23H,4-8,11,16-18H2;1-3,5-6,8-11,17-18H,4,7,12-13H2;1-13H;1-9,14-15H;6H,1-5H2;1-4H;1H3,(H,3,4);1H4. The van der Waals surface area contributed by atoms with Gasteiger partial charge in [0, 0.05) is 74.2 Å². The molecule has 10 aromatic carbocycles. The number of nitrogens with one attached hydrogen (secondary N) is 1. The largest absolute Gasteiger partial charge is 0.488 e. The van der Waals surface area contributed by atoms with Crippen LogP contribution in [0.4, 0.5) is 0 Å². The zero-order chi connectivity index (χ0) is 81.3. The van der Waals surface area contributed by atoms with Gasteiger partial charge in [0.1, 0.15) is 0 Å². The number of hydrogen-bond acceptors (Lipinski definition) is 8. The van der Waals surface area contributed by atoms with Crippen molar-refractivity contribution in [2.24, 2.45) is 17.8 Å². The number of aliphatic carboxylic acids is 1. The highest BCUT2D eigenvalue weighted by molar-refractivity contribution is 9.10. The molecule has 3 saturated carbocycles. The number of benzene rings is 10. The molecule has 4 N–H and O–H groups in total. The summed E-state index contributed by atoms with van der Waals surface area (Å²) in [5.74, 6) is 4.28. The van der Waals surface area contributed by atoms with Crippen molar-refractivity contribution in [1.82, 2.24) is 25.1 Å². The van der Waals surface area contributed by atoms with Crippen LogP contribution < -0.4 is 10.8 Å². The highest BCUT2D eigenvalue weighted by Gasteiger charge is 2.27. The van der Waals surface area contributed by atoms with Crippen LogP contribution in [0, 0.1) is 17.8 Å². The maximum absolute atomic E-state index is 9.00. The third kappa shape index (κ3) is 31.2. The number of nitrogens with zero attached hydrogens (tertiary/aromatic N) is 4. The van der Waals surface area contributed by atoms with Gasteiger partial charge in [-0.25, -0.2) is 0 Å². The second-order valence-corrected chi connectivity index (χ2v) is 33.6. The van der Waals surface area contributed by atoms with Gasteiger partial charge in [-0.15, -0.1) is 0 Å². The number of halogens is 2. The smallest absolute Gasteiger partial charge is 0.481 e. The van der Waals surface area contributed by atoms with Crippen molar-refractivity contribution in [3.8, 4) is 66.8 Å². The minimum atomic E-state index is -1.39. The number of aromatic nitrogens is 2. The lowest BCUT2D eigenvalue weighted by molar-refractivity contribution is -0.134. The van der Waals surface area contributed by atoms with Gasteiger partial charge >= 0.3 is 7.12 Å². The summed E-state index contributed by atoms with van der Waals surface area (Å²) in [5, 5.41) is 30.0. The number of piperidine rings is 3. The third-order valence-electron chi connectivity index (χ3n) is 23.4. The fraction of sp³-hybridized carbons (Fsp3) is 0.330. The molecule has 18 rings (SSSR count). The van der Waals surface area contributed by atoms with E-state index in [9.17, 15) is 0 Å². The molecule has 0 spiro atoms. The molecule has 3 atom stereocenters. The Morgan fingerprint density at radius 3 is 0.958 bits per heavy atom. The minimum Gasteiger partial charge on any atom is -0.481 e.